The van der Waals surface area contributed by atoms with Gasteiger partial charge in [-0.05, 0) is 53.1 Å². The van der Waals surface area contributed by atoms with Crippen molar-refractivity contribution in [1.82, 2.24) is 4.98 Å². The molecule has 0 fully saturated rings. The first-order valence-electron chi connectivity index (χ1n) is 8.04. The van der Waals surface area contributed by atoms with Gasteiger partial charge < -0.3 is 20.1 Å². The molecule has 3 aromatic rings. The van der Waals surface area contributed by atoms with Crippen LogP contribution in [0.15, 0.2) is 42.6 Å². The number of aromatic nitrogens is 1. The highest BCUT2D eigenvalue weighted by Crippen LogP contribution is 2.36. The largest absolute Gasteiger partial charge is 0.573 e. The maximum Gasteiger partial charge on any atom is 0.573 e. The molecule has 1 aliphatic heterocycles. The zero-order valence-corrected chi connectivity index (χ0v) is 13.8. The highest BCUT2D eigenvalue weighted by Gasteiger charge is 2.31. The first kappa shape index (κ1) is 16.9. The molecule has 0 amide bonds. The lowest BCUT2D eigenvalue weighted by atomic mass is 9.97. The lowest BCUT2D eigenvalue weighted by Crippen LogP contribution is -2.16. The summed E-state index contributed by atoms with van der Waals surface area (Å²) in [4.78, 5) is 3.13. The number of hydrogen-bond donors (Lipinski definition) is 3. The fraction of sp³-hybridized carbons (Fsp3) is 0.100. The van der Waals surface area contributed by atoms with E-state index in [1.54, 1.807) is 30.5 Å². The third kappa shape index (κ3) is 3.55. The van der Waals surface area contributed by atoms with Crippen LogP contribution in [0.2, 0.25) is 0 Å². The molecular weight excluding hydrogens is 357 g/mol. The molecule has 136 valence electrons. The maximum absolute atomic E-state index is 12.3. The van der Waals surface area contributed by atoms with Gasteiger partial charge in [0.15, 0.2) is 5.75 Å². The van der Waals surface area contributed by atoms with Crippen LogP contribution < -0.4 is 10.1 Å². The number of benzene rings is 1. The first-order chi connectivity index (χ1) is 12.9. The predicted octanol–water partition coefficient (Wildman–Crippen LogP) is 4.85. The number of H-pyrrole nitrogens is 1. The fourth-order valence-electron chi connectivity index (χ4n) is 3.00. The second-order valence-electron chi connectivity index (χ2n) is 5.98. The molecule has 1 aromatic heterocycles. The molecule has 4 nitrogen and oxygen atoms in total. The minimum absolute atomic E-state index is 0.00809. The van der Waals surface area contributed by atoms with Crippen molar-refractivity contribution in [1.29, 1.82) is 0 Å². The van der Waals surface area contributed by atoms with Gasteiger partial charge in [-0.2, -0.15) is 0 Å². The van der Waals surface area contributed by atoms with Crippen LogP contribution in [0.25, 0.3) is 22.8 Å². The Morgan fingerprint density at radius 1 is 1.11 bits per heavy atom. The molecule has 0 saturated heterocycles. The van der Waals surface area contributed by atoms with Crippen LogP contribution in [0.1, 0.15) is 11.1 Å². The van der Waals surface area contributed by atoms with Crippen LogP contribution in [-0.2, 0) is 0 Å². The van der Waals surface area contributed by atoms with E-state index in [2.05, 4.69) is 27.2 Å². The minimum Gasteiger partial charge on any atom is -0.501 e. The Labute approximate surface area is 152 Å². The van der Waals surface area contributed by atoms with Crippen molar-refractivity contribution >= 4 is 17.5 Å². The smallest absolute Gasteiger partial charge is 0.501 e. The van der Waals surface area contributed by atoms with Crippen molar-refractivity contribution in [2.24, 2.45) is 0 Å². The number of nitrogens with one attached hydrogen (secondary N) is 2. The second-order valence-corrected chi connectivity index (χ2v) is 5.98. The summed E-state index contributed by atoms with van der Waals surface area (Å²) in [5.41, 5.74) is 4.22. The molecule has 4 rings (SSSR count). The third-order valence-electron chi connectivity index (χ3n) is 4.18. The van der Waals surface area contributed by atoms with Gasteiger partial charge in [-0.1, -0.05) is 18.2 Å². The van der Waals surface area contributed by atoms with E-state index < -0.39 is 6.36 Å². The molecule has 3 N–H and O–H groups in total. The zero-order valence-electron chi connectivity index (χ0n) is 13.8. The van der Waals surface area contributed by atoms with Crippen LogP contribution in [-0.4, -0.2) is 23.0 Å². The lowest BCUT2D eigenvalue weighted by Gasteiger charge is -2.17. The number of alkyl halides is 3. The van der Waals surface area contributed by atoms with Gasteiger partial charge in [0.1, 0.15) is 11.6 Å². The van der Waals surface area contributed by atoms with Gasteiger partial charge >= 0.3 is 6.36 Å². The highest BCUT2D eigenvalue weighted by molar-refractivity contribution is 5.95. The van der Waals surface area contributed by atoms with E-state index in [1.807, 2.05) is 6.08 Å². The van der Waals surface area contributed by atoms with Crippen molar-refractivity contribution in [3.8, 4) is 22.6 Å². The zero-order chi connectivity index (χ0) is 19.0. The van der Waals surface area contributed by atoms with Crippen LogP contribution in [0.5, 0.6) is 11.5 Å². The Kier molecular flexibility index (Phi) is 3.96. The normalized spacial score (nSPS) is 13.2. The number of rotatable bonds is 3. The van der Waals surface area contributed by atoms with Crippen LogP contribution >= 0.6 is 0 Å². The summed E-state index contributed by atoms with van der Waals surface area (Å²) in [6.07, 6.45) is -0.953. The molecule has 7 heteroatoms. The monoisotopic (exact) mass is 370 g/mol. The van der Waals surface area contributed by atoms with Gasteiger partial charge in [-0.3, -0.25) is 0 Å². The third-order valence-corrected chi connectivity index (χ3v) is 4.18. The van der Waals surface area contributed by atoms with E-state index >= 15 is 0 Å². The molecule has 2 heterocycles. The van der Waals surface area contributed by atoms with Gasteiger partial charge in [0.25, 0.3) is 0 Å². The van der Waals surface area contributed by atoms with Crippen LogP contribution in [0, 0.1) is 12.1 Å². The van der Waals surface area contributed by atoms with E-state index in [0.717, 1.165) is 33.6 Å². The molecule has 27 heavy (non-hydrogen) atoms. The molecule has 1 aliphatic rings. The summed E-state index contributed by atoms with van der Waals surface area (Å²) in [7, 11) is 0. The number of aromatic amines is 1. The molecular formula is C20H13F3N2O2. The second kappa shape index (κ2) is 6.32. The standard InChI is InChI=1S/C20H13F3N2O2/c21-20(22,23)27-16-6-4-12(5-7-16)18-11-25-19-17(18)9-14(10-24-19)13-2-1-3-15(26)8-13/h2,4-9,11,24-26H,10H2. The summed E-state index contributed by atoms with van der Waals surface area (Å²) in [6.45, 7) is 0.558. The summed E-state index contributed by atoms with van der Waals surface area (Å²) in [5.74, 6) is 0.561. The van der Waals surface area contributed by atoms with E-state index in [0.29, 0.717) is 6.54 Å². The first-order valence-corrected chi connectivity index (χ1v) is 8.04. The Bertz CT molecular complexity index is 1000. The van der Waals surface area contributed by atoms with Gasteiger partial charge in [0.05, 0.1) is 0 Å². The fourth-order valence-corrected chi connectivity index (χ4v) is 3.00. The van der Waals surface area contributed by atoms with E-state index in [9.17, 15) is 18.3 Å². The Morgan fingerprint density at radius 2 is 1.89 bits per heavy atom. The summed E-state index contributed by atoms with van der Waals surface area (Å²) < 4.78 is 40.8. The average molecular weight is 370 g/mol. The number of halogens is 3. The maximum atomic E-state index is 12.3. The average Bonchev–Trinajstić information content (AvgIpc) is 3.04. The molecule has 0 spiro atoms. The molecule has 0 saturated carbocycles. The highest BCUT2D eigenvalue weighted by atomic mass is 19.4. The number of anilines is 1. The van der Waals surface area contributed by atoms with E-state index in [-0.39, 0.29) is 11.5 Å². The number of aromatic hydroxyl groups is 1. The Morgan fingerprint density at radius 3 is 2.59 bits per heavy atom. The summed E-state index contributed by atoms with van der Waals surface area (Å²) >= 11 is 0. The van der Waals surface area contributed by atoms with Gasteiger partial charge in [-0.25, -0.2) is 0 Å². The van der Waals surface area contributed by atoms with E-state index in [4.69, 9.17) is 0 Å². The van der Waals surface area contributed by atoms with Crippen molar-refractivity contribution in [3.63, 3.8) is 0 Å². The van der Waals surface area contributed by atoms with Crippen LogP contribution in [0.4, 0.5) is 19.0 Å². The SMILES string of the molecule is Oc1c#ccc(C2=Cc3c(-c4ccc(OC(F)(F)F)cc4)c[nH]c3NC2)c1. The predicted molar refractivity (Wildman–Crippen MR) is 95.1 cm³/mol. The van der Waals surface area contributed by atoms with Crippen molar-refractivity contribution in [3.05, 3.63) is 65.9 Å². The molecule has 0 radical (unpaired) electrons. The Hall–Kier alpha value is -3.53. The molecule has 0 bridgehead atoms. The quantitative estimate of drug-likeness (QED) is 0.618. The number of ether oxygens (including phenoxy) is 1. The summed E-state index contributed by atoms with van der Waals surface area (Å²) in [6, 6.07) is 14.4. The molecule has 0 unspecified atom stereocenters. The van der Waals surface area contributed by atoms with Crippen molar-refractivity contribution in [2.45, 2.75) is 6.36 Å². The number of hydrogen-bond acceptors (Lipinski definition) is 3. The lowest BCUT2D eigenvalue weighted by molar-refractivity contribution is -0.274. The van der Waals surface area contributed by atoms with E-state index in [1.165, 1.54) is 12.1 Å². The molecule has 2 aromatic carbocycles. The Balaban J connectivity index is 1.67. The minimum atomic E-state index is -4.72. The van der Waals surface area contributed by atoms with Crippen molar-refractivity contribution < 1.29 is 23.0 Å². The molecule has 0 aliphatic carbocycles. The summed E-state index contributed by atoms with van der Waals surface area (Å²) in [5, 5.41) is 12.9. The van der Waals surface area contributed by atoms with Gasteiger partial charge in [0, 0.05) is 23.9 Å². The van der Waals surface area contributed by atoms with Gasteiger partial charge in [-0.15, -0.1) is 13.2 Å². The molecule has 0 atom stereocenters. The number of fused-ring (bicyclic) bond motifs is 1. The van der Waals surface area contributed by atoms with Crippen LogP contribution in [0.3, 0.4) is 0 Å². The van der Waals surface area contributed by atoms with Crippen molar-refractivity contribution in [2.75, 3.05) is 11.9 Å². The topological polar surface area (TPSA) is 57.3 Å². The van der Waals surface area contributed by atoms with Gasteiger partial charge in [0.2, 0.25) is 0 Å².